The molecule has 34 heavy (non-hydrogen) atoms. The molecule has 186 valence electrons. The van der Waals surface area contributed by atoms with Crippen molar-refractivity contribution >= 4 is 0 Å². The largest absolute Gasteiger partial charge is 0.497 e. The van der Waals surface area contributed by atoms with Gasteiger partial charge in [0, 0.05) is 23.0 Å². The van der Waals surface area contributed by atoms with Crippen LogP contribution in [0.3, 0.4) is 0 Å². The van der Waals surface area contributed by atoms with E-state index in [-0.39, 0.29) is 36.6 Å². The van der Waals surface area contributed by atoms with E-state index in [0.29, 0.717) is 25.0 Å². The molecule has 4 rings (SSSR count). The lowest BCUT2D eigenvalue weighted by molar-refractivity contribution is -0.275. The molecule has 6 nitrogen and oxygen atoms in total. The molecule has 2 aliphatic rings. The van der Waals surface area contributed by atoms with Crippen molar-refractivity contribution in [1.82, 2.24) is 0 Å². The van der Waals surface area contributed by atoms with Crippen LogP contribution < -0.4 is 9.47 Å². The summed E-state index contributed by atoms with van der Waals surface area (Å²) in [7, 11) is 3.34. The zero-order valence-electron chi connectivity index (χ0n) is 21.1. The first-order chi connectivity index (χ1) is 16.4. The summed E-state index contributed by atoms with van der Waals surface area (Å²) in [6, 6.07) is 15.8. The van der Waals surface area contributed by atoms with E-state index in [1.54, 1.807) is 14.2 Å². The van der Waals surface area contributed by atoms with Crippen LogP contribution in [0.15, 0.2) is 48.5 Å². The zero-order valence-corrected chi connectivity index (χ0v) is 21.1. The van der Waals surface area contributed by atoms with Crippen molar-refractivity contribution in [1.29, 1.82) is 0 Å². The number of benzene rings is 2. The third-order valence-electron chi connectivity index (χ3n) is 7.35. The summed E-state index contributed by atoms with van der Waals surface area (Å²) in [6.45, 7) is 10.3. The molecule has 2 aliphatic heterocycles. The van der Waals surface area contributed by atoms with Crippen LogP contribution >= 0.6 is 0 Å². The van der Waals surface area contributed by atoms with E-state index < -0.39 is 0 Å². The Morgan fingerprint density at radius 2 is 1.00 bits per heavy atom. The molecule has 0 aliphatic carbocycles. The number of hydrogen-bond acceptors (Lipinski definition) is 6. The van der Waals surface area contributed by atoms with Gasteiger partial charge < -0.3 is 28.4 Å². The second-order valence-electron chi connectivity index (χ2n) is 9.75. The van der Waals surface area contributed by atoms with Gasteiger partial charge in [-0.2, -0.15) is 0 Å². The first-order valence-electron chi connectivity index (χ1n) is 12.2. The molecule has 0 aromatic heterocycles. The van der Waals surface area contributed by atoms with E-state index in [1.165, 1.54) is 0 Å². The van der Waals surface area contributed by atoms with Crippen LogP contribution in [0.2, 0.25) is 0 Å². The Morgan fingerprint density at radius 3 is 1.32 bits per heavy atom. The van der Waals surface area contributed by atoms with Crippen molar-refractivity contribution in [3.63, 3.8) is 0 Å². The highest BCUT2D eigenvalue weighted by molar-refractivity contribution is 5.29. The highest BCUT2D eigenvalue weighted by Crippen LogP contribution is 2.40. The summed E-state index contributed by atoms with van der Waals surface area (Å²) in [5.74, 6) is 2.79. The van der Waals surface area contributed by atoms with Crippen LogP contribution in [-0.2, 0) is 18.9 Å². The number of ether oxygens (including phenoxy) is 6. The van der Waals surface area contributed by atoms with Crippen LogP contribution in [0, 0.1) is 23.7 Å². The minimum atomic E-state index is -0.373. The Hall–Kier alpha value is -2.12. The summed E-state index contributed by atoms with van der Waals surface area (Å²) in [5, 5.41) is 0. The Labute approximate surface area is 203 Å². The van der Waals surface area contributed by atoms with Crippen molar-refractivity contribution in [3.05, 3.63) is 59.7 Å². The maximum absolute atomic E-state index is 6.54. The summed E-state index contributed by atoms with van der Waals surface area (Å²) in [6.07, 6.45) is -0.619. The standard InChI is InChI=1S/C28H38O6/c1-17-15-31-27(21-7-11-23(29-5)12-8-21)33-25(17)19(3)20(4)26-18(2)16-32-28(34-26)22-9-13-24(30-6)14-10-22/h7-14,17-20,25-28H,15-16H2,1-6H3/t17-,18+,19-,20+,25-,26+,27?,28?. The monoisotopic (exact) mass is 470 g/mol. The second kappa shape index (κ2) is 11.1. The van der Waals surface area contributed by atoms with E-state index in [0.717, 1.165) is 22.6 Å². The molecule has 2 heterocycles. The van der Waals surface area contributed by atoms with Gasteiger partial charge >= 0.3 is 0 Å². The lowest BCUT2D eigenvalue weighted by Crippen LogP contribution is -2.47. The fourth-order valence-corrected chi connectivity index (χ4v) is 5.05. The Morgan fingerprint density at radius 1 is 0.647 bits per heavy atom. The van der Waals surface area contributed by atoms with Gasteiger partial charge in [0.2, 0.25) is 0 Å². The van der Waals surface area contributed by atoms with Crippen LogP contribution in [0.1, 0.15) is 51.4 Å². The molecule has 2 aromatic carbocycles. The van der Waals surface area contributed by atoms with Crippen LogP contribution in [0.25, 0.3) is 0 Å². The SMILES string of the molecule is COc1ccc(C2OC[C@H](C)[C@@H]([C@@H](C)[C@@H](C)[C@@H]3OC(c4ccc(OC)cc4)OC[C@H]3C)O2)cc1. The molecule has 8 atom stereocenters. The number of hydrogen-bond donors (Lipinski definition) is 0. The van der Waals surface area contributed by atoms with Crippen LogP contribution in [-0.4, -0.2) is 39.6 Å². The average molecular weight is 471 g/mol. The minimum Gasteiger partial charge on any atom is -0.497 e. The number of rotatable bonds is 7. The Kier molecular flexibility index (Phi) is 8.14. The van der Waals surface area contributed by atoms with Gasteiger partial charge in [0.25, 0.3) is 0 Å². The van der Waals surface area contributed by atoms with Gasteiger partial charge in [0.05, 0.1) is 39.6 Å². The van der Waals surface area contributed by atoms with Crippen molar-refractivity contribution in [2.24, 2.45) is 23.7 Å². The maximum Gasteiger partial charge on any atom is 0.184 e. The first kappa shape index (κ1) is 25.0. The molecule has 0 spiro atoms. The normalized spacial score (nSPS) is 31.5. The predicted molar refractivity (Wildman–Crippen MR) is 130 cm³/mol. The van der Waals surface area contributed by atoms with Crippen molar-refractivity contribution < 1.29 is 28.4 Å². The van der Waals surface area contributed by atoms with E-state index in [2.05, 4.69) is 27.7 Å². The predicted octanol–water partition coefficient (Wildman–Crippen LogP) is 5.78. The molecule has 6 heteroatoms. The topological polar surface area (TPSA) is 55.4 Å². The zero-order chi connectivity index (χ0) is 24.2. The summed E-state index contributed by atoms with van der Waals surface area (Å²) in [4.78, 5) is 0. The molecule has 0 saturated carbocycles. The summed E-state index contributed by atoms with van der Waals surface area (Å²) >= 11 is 0. The first-order valence-corrected chi connectivity index (χ1v) is 12.2. The second-order valence-corrected chi connectivity index (χ2v) is 9.75. The van der Waals surface area contributed by atoms with Crippen LogP contribution in [0.4, 0.5) is 0 Å². The average Bonchev–Trinajstić information content (AvgIpc) is 2.88. The van der Waals surface area contributed by atoms with Gasteiger partial charge in [-0.05, 0) is 36.1 Å². The van der Waals surface area contributed by atoms with Gasteiger partial charge in [0.15, 0.2) is 12.6 Å². The minimum absolute atomic E-state index is 0.0638. The fraction of sp³-hybridized carbons (Fsp3) is 0.571. The van der Waals surface area contributed by atoms with E-state index in [9.17, 15) is 0 Å². The van der Waals surface area contributed by atoms with Gasteiger partial charge in [-0.1, -0.05) is 52.0 Å². The Balaban J connectivity index is 1.44. The van der Waals surface area contributed by atoms with Gasteiger partial charge in [-0.15, -0.1) is 0 Å². The highest BCUT2D eigenvalue weighted by Gasteiger charge is 2.41. The smallest absolute Gasteiger partial charge is 0.184 e. The van der Waals surface area contributed by atoms with Crippen LogP contribution in [0.5, 0.6) is 11.5 Å². The van der Waals surface area contributed by atoms with E-state index in [1.807, 2.05) is 48.5 Å². The molecule has 2 unspecified atom stereocenters. The molecule has 2 fully saturated rings. The highest BCUT2D eigenvalue weighted by atomic mass is 16.7. The van der Waals surface area contributed by atoms with Gasteiger partial charge in [-0.3, -0.25) is 0 Å². The van der Waals surface area contributed by atoms with E-state index in [4.69, 9.17) is 28.4 Å². The summed E-state index contributed by atoms with van der Waals surface area (Å²) < 4.78 is 35.7. The van der Waals surface area contributed by atoms with Crippen molar-refractivity contribution in [3.8, 4) is 11.5 Å². The maximum atomic E-state index is 6.54. The molecular weight excluding hydrogens is 432 g/mol. The Bertz CT molecular complexity index is 823. The lowest BCUT2D eigenvalue weighted by Gasteiger charge is -2.45. The molecule has 2 aromatic rings. The molecule has 0 N–H and O–H groups in total. The van der Waals surface area contributed by atoms with Crippen molar-refractivity contribution in [2.75, 3.05) is 27.4 Å². The third kappa shape index (κ3) is 5.41. The number of methoxy groups -OCH3 is 2. The molecule has 0 bridgehead atoms. The van der Waals surface area contributed by atoms with Gasteiger partial charge in [-0.25, -0.2) is 0 Å². The molecular formula is C28H38O6. The van der Waals surface area contributed by atoms with Crippen molar-refractivity contribution in [2.45, 2.75) is 52.5 Å². The summed E-state index contributed by atoms with van der Waals surface area (Å²) in [5.41, 5.74) is 2.01. The lowest BCUT2D eigenvalue weighted by atomic mass is 9.78. The van der Waals surface area contributed by atoms with E-state index >= 15 is 0 Å². The third-order valence-corrected chi connectivity index (χ3v) is 7.35. The molecule has 0 amide bonds. The van der Waals surface area contributed by atoms with Gasteiger partial charge in [0.1, 0.15) is 11.5 Å². The fourth-order valence-electron chi connectivity index (χ4n) is 5.05. The molecule has 2 saturated heterocycles. The quantitative estimate of drug-likeness (QED) is 0.512. The molecule has 0 radical (unpaired) electrons.